The third kappa shape index (κ3) is 6.88. The Morgan fingerprint density at radius 1 is 1.38 bits per heavy atom. The largest absolute Gasteiger partial charge is 0.481 e. The van der Waals surface area contributed by atoms with Crippen LogP contribution in [0.3, 0.4) is 0 Å². The summed E-state index contributed by atoms with van der Waals surface area (Å²) in [6.07, 6.45) is -0.204. The Labute approximate surface area is 220 Å². The van der Waals surface area contributed by atoms with Crippen molar-refractivity contribution in [3.63, 3.8) is 0 Å². The van der Waals surface area contributed by atoms with Crippen molar-refractivity contribution in [2.75, 3.05) is 30.8 Å². The van der Waals surface area contributed by atoms with E-state index < -0.39 is 46.3 Å². The number of β-lactam (4-membered cyclic amide) rings is 1. The summed E-state index contributed by atoms with van der Waals surface area (Å²) in [6.45, 7) is 6.74. The number of fused-ring (bicyclic) bond motifs is 1. The number of nitrogens with one attached hydrogen (secondary N) is 3. The molecule has 3 atom stereocenters. The lowest BCUT2D eigenvalue weighted by Gasteiger charge is -2.53. The second kappa shape index (κ2) is 11.3. The number of thiazole rings is 1. The molecule has 2 aliphatic heterocycles. The summed E-state index contributed by atoms with van der Waals surface area (Å²) in [5, 5.41) is 22.1. The van der Waals surface area contributed by atoms with Crippen molar-refractivity contribution in [3.8, 4) is 0 Å². The first-order valence-electron chi connectivity index (χ1n) is 11.1. The Hall–Kier alpha value is -3.40. The van der Waals surface area contributed by atoms with Crippen LogP contribution in [0.25, 0.3) is 0 Å². The number of amides is 4. The molecule has 3 heterocycles. The van der Waals surface area contributed by atoms with Gasteiger partial charge >= 0.3 is 12.1 Å². The number of rotatable bonds is 10. The third-order valence-corrected chi connectivity index (χ3v) is 7.64. The first kappa shape index (κ1) is 28.2. The fourth-order valence-electron chi connectivity index (χ4n) is 3.37. The average molecular weight is 557 g/mol. The number of oxime groups is 1. The Kier molecular flexibility index (Phi) is 8.63. The average Bonchev–Trinajstić information content (AvgIpc) is 3.26. The number of aliphatic carboxylic acids is 1. The van der Waals surface area contributed by atoms with Gasteiger partial charge in [0.05, 0.1) is 12.0 Å². The number of alkyl carbamates (subject to hydrolysis) is 1. The van der Waals surface area contributed by atoms with Crippen LogP contribution >= 0.6 is 23.1 Å². The molecule has 202 valence electrons. The second-order valence-corrected chi connectivity index (χ2v) is 11.4. The summed E-state index contributed by atoms with van der Waals surface area (Å²) in [4.78, 5) is 70.5. The van der Waals surface area contributed by atoms with Gasteiger partial charge in [0.25, 0.3) is 5.91 Å². The maximum absolute atomic E-state index is 13.1. The van der Waals surface area contributed by atoms with E-state index >= 15 is 0 Å². The Morgan fingerprint density at radius 2 is 2.11 bits per heavy atom. The van der Waals surface area contributed by atoms with Crippen molar-refractivity contribution < 1.29 is 38.7 Å². The van der Waals surface area contributed by atoms with Gasteiger partial charge in [-0.1, -0.05) is 5.16 Å². The number of hydrogen-bond donors (Lipinski definition) is 4. The minimum Gasteiger partial charge on any atom is -0.481 e. The predicted octanol–water partition coefficient (Wildman–Crippen LogP) is 0.448. The normalized spacial score (nSPS) is 23.3. The lowest BCUT2D eigenvalue weighted by Crippen LogP contribution is -2.73. The highest BCUT2D eigenvalue weighted by Crippen LogP contribution is 2.41. The zero-order chi connectivity index (χ0) is 27.4. The number of hydrogen-bond acceptors (Lipinski definition) is 11. The summed E-state index contributed by atoms with van der Waals surface area (Å²) >= 11 is 2.33. The highest BCUT2D eigenvalue weighted by Gasteiger charge is 2.56. The van der Waals surface area contributed by atoms with Crippen LogP contribution in [-0.4, -0.2) is 93.5 Å². The van der Waals surface area contributed by atoms with Gasteiger partial charge in [-0.2, -0.15) is 0 Å². The van der Waals surface area contributed by atoms with Gasteiger partial charge in [0, 0.05) is 17.7 Å². The summed E-state index contributed by atoms with van der Waals surface area (Å²) < 4.78 is 5.12. The number of ether oxygens (including phenoxy) is 1. The van der Waals surface area contributed by atoms with Gasteiger partial charge in [-0.15, -0.1) is 23.1 Å². The molecule has 0 aliphatic carbocycles. The standard InChI is InChI=1S/C21H28N6O8S2/c1-20(2,3)35-19(33)22-5-6-34-26-12(11-7-36-18(24-11)23-10-28)14(29)25-13-15(30)27-8-21(4,17(31)32)9-37-16(13)27/h7,10,13,16H,5-6,8-9H2,1-4H3,(H,22,33)(H,25,29)(H,31,32)(H,23,24,28)/t13?,16-,21?/m1/s1. The predicted molar refractivity (Wildman–Crippen MR) is 134 cm³/mol. The molecule has 0 aromatic carbocycles. The number of carbonyl (C=O) groups excluding carboxylic acids is 4. The minimum absolute atomic E-state index is 0.0411. The maximum Gasteiger partial charge on any atom is 0.407 e. The zero-order valence-electron chi connectivity index (χ0n) is 20.6. The highest BCUT2D eigenvalue weighted by molar-refractivity contribution is 8.00. The quantitative estimate of drug-likeness (QED) is 0.104. The molecule has 1 aromatic heterocycles. The summed E-state index contributed by atoms with van der Waals surface area (Å²) in [6, 6.07) is -0.874. The van der Waals surface area contributed by atoms with Crippen molar-refractivity contribution in [1.82, 2.24) is 20.5 Å². The van der Waals surface area contributed by atoms with E-state index in [1.165, 1.54) is 22.0 Å². The Bertz CT molecular complexity index is 1100. The fourth-order valence-corrected chi connectivity index (χ4v) is 5.51. The topological polar surface area (TPSA) is 189 Å². The molecule has 0 saturated carbocycles. The van der Waals surface area contributed by atoms with E-state index in [-0.39, 0.29) is 42.0 Å². The second-order valence-electron chi connectivity index (χ2n) is 9.49. The van der Waals surface area contributed by atoms with E-state index in [9.17, 15) is 29.1 Å². The number of carbonyl (C=O) groups is 5. The molecule has 2 fully saturated rings. The number of thioether (sulfide) groups is 1. The highest BCUT2D eigenvalue weighted by atomic mass is 32.2. The summed E-state index contributed by atoms with van der Waals surface area (Å²) in [7, 11) is 0. The maximum atomic E-state index is 13.1. The van der Waals surface area contributed by atoms with E-state index in [0.717, 1.165) is 11.3 Å². The van der Waals surface area contributed by atoms with Gasteiger partial charge in [0.15, 0.2) is 10.8 Å². The first-order valence-corrected chi connectivity index (χ1v) is 13.1. The summed E-state index contributed by atoms with van der Waals surface area (Å²) in [5.74, 6) is -1.85. The molecule has 2 aliphatic rings. The van der Waals surface area contributed by atoms with Crippen LogP contribution in [0.15, 0.2) is 10.5 Å². The van der Waals surface area contributed by atoms with Gasteiger partial charge in [-0.05, 0) is 27.7 Å². The van der Waals surface area contributed by atoms with Crippen LogP contribution in [0.4, 0.5) is 9.93 Å². The minimum atomic E-state index is -1.07. The van der Waals surface area contributed by atoms with E-state index in [2.05, 4.69) is 26.1 Å². The molecule has 14 nitrogen and oxygen atoms in total. The Morgan fingerprint density at radius 3 is 2.76 bits per heavy atom. The molecule has 37 heavy (non-hydrogen) atoms. The smallest absolute Gasteiger partial charge is 0.407 e. The van der Waals surface area contributed by atoms with Crippen LogP contribution in [0.5, 0.6) is 0 Å². The molecule has 0 spiro atoms. The molecular formula is C21H28N6O8S2. The molecule has 4 amide bonds. The van der Waals surface area contributed by atoms with Crippen LogP contribution in [0.2, 0.25) is 0 Å². The Balaban J connectivity index is 1.64. The fraction of sp³-hybridized carbons (Fsp3) is 0.571. The molecule has 4 N–H and O–H groups in total. The third-order valence-electron chi connectivity index (χ3n) is 5.20. The molecule has 0 bridgehead atoms. The molecular weight excluding hydrogens is 528 g/mol. The van der Waals surface area contributed by atoms with E-state index in [0.29, 0.717) is 6.41 Å². The first-order chi connectivity index (χ1) is 17.3. The van der Waals surface area contributed by atoms with Crippen molar-refractivity contribution in [1.29, 1.82) is 0 Å². The van der Waals surface area contributed by atoms with E-state index in [4.69, 9.17) is 9.57 Å². The monoisotopic (exact) mass is 556 g/mol. The number of anilines is 1. The summed E-state index contributed by atoms with van der Waals surface area (Å²) in [5.41, 5.74) is -1.87. The molecule has 16 heteroatoms. The van der Waals surface area contributed by atoms with Gasteiger partial charge in [-0.3, -0.25) is 19.2 Å². The molecule has 2 saturated heterocycles. The lowest BCUT2D eigenvalue weighted by molar-refractivity contribution is -0.157. The van der Waals surface area contributed by atoms with Crippen LogP contribution in [0, 0.1) is 5.41 Å². The molecule has 3 rings (SSSR count). The van der Waals surface area contributed by atoms with Gasteiger partial charge in [0.1, 0.15) is 29.3 Å². The van der Waals surface area contributed by atoms with Gasteiger partial charge in [-0.25, -0.2) is 9.78 Å². The van der Waals surface area contributed by atoms with Gasteiger partial charge in [0.2, 0.25) is 12.3 Å². The molecule has 1 aromatic rings. The number of nitrogens with zero attached hydrogens (tertiary/aromatic N) is 3. The van der Waals surface area contributed by atoms with Crippen molar-refractivity contribution in [2.24, 2.45) is 10.6 Å². The number of carboxylic acid groups (broad SMARTS) is 1. The lowest BCUT2D eigenvalue weighted by atomic mass is 9.89. The van der Waals surface area contributed by atoms with E-state index in [1.54, 1.807) is 27.7 Å². The van der Waals surface area contributed by atoms with Crippen molar-refractivity contribution >= 4 is 64.2 Å². The number of carboxylic acids is 1. The van der Waals surface area contributed by atoms with E-state index in [1.807, 2.05) is 0 Å². The van der Waals surface area contributed by atoms with Gasteiger partial charge < -0.3 is 35.5 Å². The molecule has 0 radical (unpaired) electrons. The van der Waals surface area contributed by atoms with Crippen LogP contribution < -0.4 is 16.0 Å². The van der Waals surface area contributed by atoms with Crippen molar-refractivity contribution in [2.45, 2.75) is 44.7 Å². The van der Waals surface area contributed by atoms with Crippen molar-refractivity contribution in [3.05, 3.63) is 11.1 Å². The zero-order valence-corrected chi connectivity index (χ0v) is 22.2. The number of aromatic nitrogens is 1. The molecule has 2 unspecified atom stereocenters. The van der Waals surface area contributed by atoms with Crippen LogP contribution in [0.1, 0.15) is 33.4 Å². The SMILES string of the molecule is CC(C)(C)OC(=O)NCCON=C(C(=O)NC1C(=O)N2CC(C)(C(=O)O)CS[C@H]12)c1csc(NC=O)n1. The van der Waals surface area contributed by atoms with Crippen LogP contribution in [-0.2, 0) is 28.8 Å².